The second kappa shape index (κ2) is 6.40. The maximum absolute atomic E-state index is 13.4. The lowest BCUT2D eigenvalue weighted by Gasteiger charge is -2.32. The third-order valence-corrected chi connectivity index (χ3v) is 5.20. The summed E-state index contributed by atoms with van der Waals surface area (Å²) in [7, 11) is 0. The topological polar surface area (TPSA) is 75.1 Å². The van der Waals surface area contributed by atoms with Crippen LogP contribution in [0.25, 0.3) is 10.9 Å². The molecule has 6 nitrogen and oxygen atoms in total. The largest absolute Gasteiger partial charge is 0.361 e. The lowest BCUT2D eigenvalue weighted by atomic mass is 9.89. The van der Waals surface area contributed by atoms with E-state index in [2.05, 4.69) is 14.9 Å². The molecule has 4 rings (SSSR count). The van der Waals surface area contributed by atoms with E-state index in [1.165, 1.54) is 23.9 Å². The number of nitrogens with zero attached hydrogens (tertiary/aromatic N) is 3. The minimum Gasteiger partial charge on any atom is -0.361 e. The zero-order chi connectivity index (χ0) is 18.3. The van der Waals surface area contributed by atoms with Crippen molar-refractivity contribution in [2.45, 2.75) is 25.7 Å². The number of hydrogen-bond donors (Lipinski definition) is 1. The number of H-pyrrole nitrogens is 1. The Kier molecular flexibility index (Phi) is 4.06. The van der Waals surface area contributed by atoms with Crippen molar-refractivity contribution in [3.05, 3.63) is 63.7 Å². The van der Waals surface area contributed by atoms with Gasteiger partial charge in [0.05, 0.1) is 4.92 Å². The van der Waals surface area contributed by atoms with Crippen molar-refractivity contribution in [2.75, 3.05) is 18.0 Å². The van der Waals surface area contributed by atoms with Gasteiger partial charge in [0.2, 0.25) is 0 Å². The minimum absolute atomic E-state index is 0.0506. The van der Waals surface area contributed by atoms with Gasteiger partial charge < -0.3 is 9.88 Å². The number of benzene rings is 1. The SMILES string of the molecule is Cc1cc(N2CCC(c3c[nH]c4cc(F)ccc34)CC2)ncc1[N+](=O)[O-]. The summed E-state index contributed by atoms with van der Waals surface area (Å²) in [5.41, 5.74) is 2.73. The van der Waals surface area contributed by atoms with E-state index in [9.17, 15) is 14.5 Å². The van der Waals surface area contributed by atoms with Crippen LogP contribution in [-0.2, 0) is 0 Å². The fourth-order valence-corrected chi connectivity index (χ4v) is 3.78. The number of aryl methyl sites for hydroxylation is 1. The summed E-state index contributed by atoms with van der Waals surface area (Å²) in [6, 6.07) is 6.65. The van der Waals surface area contributed by atoms with E-state index < -0.39 is 4.92 Å². The first-order valence-electron chi connectivity index (χ1n) is 8.65. The average molecular weight is 354 g/mol. The van der Waals surface area contributed by atoms with Crippen LogP contribution < -0.4 is 4.90 Å². The Balaban J connectivity index is 1.50. The van der Waals surface area contributed by atoms with E-state index in [4.69, 9.17) is 0 Å². The maximum Gasteiger partial charge on any atom is 0.290 e. The van der Waals surface area contributed by atoms with Crippen molar-refractivity contribution in [3.8, 4) is 0 Å². The third kappa shape index (κ3) is 2.89. The van der Waals surface area contributed by atoms with Crippen LogP contribution in [0.15, 0.2) is 36.7 Å². The number of anilines is 1. The highest BCUT2D eigenvalue weighted by Gasteiger charge is 2.24. The standard InChI is InChI=1S/C19H19FN4O2/c1-12-8-19(22-11-18(12)24(25)26)23-6-4-13(5-7-23)16-10-21-17-9-14(20)2-3-15(16)17/h2-3,8-11,13,21H,4-7H2,1H3. The van der Waals surface area contributed by atoms with Gasteiger partial charge in [-0.1, -0.05) is 0 Å². The summed E-state index contributed by atoms with van der Waals surface area (Å²) in [6.07, 6.45) is 5.24. The number of fused-ring (bicyclic) bond motifs is 1. The number of aromatic amines is 1. The molecule has 0 saturated carbocycles. The molecule has 26 heavy (non-hydrogen) atoms. The first-order valence-corrected chi connectivity index (χ1v) is 8.65. The lowest BCUT2D eigenvalue weighted by molar-refractivity contribution is -0.385. The summed E-state index contributed by atoms with van der Waals surface area (Å²) in [5.74, 6) is 0.956. The zero-order valence-electron chi connectivity index (χ0n) is 14.4. The summed E-state index contributed by atoms with van der Waals surface area (Å²) in [6.45, 7) is 3.41. The molecule has 134 valence electrons. The van der Waals surface area contributed by atoms with Crippen LogP contribution in [0.1, 0.15) is 29.9 Å². The zero-order valence-corrected chi connectivity index (χ0v) is 14.4. The number of halogens is 1. The van der Waals surface area contributed by atoms with Crippen LogP contribution in [0.2, 0.25) is 0 Å². The summed E-state index contributed by atoms with van der Waals surface area (Å²) >= 11 is 0. The monoisotopic (exact) mass is 354 g/mol. The minimum atomic E-state index is -0.405. The number of hydrogen-bond acceptors (Lipinski definition) is 4. The van der Waals surface area contributed by atoms with Crippen molar-refractivity contribution >= 4 is 22.4 Å². The Morgan fingerprint density at radius 1 is 1.31 bits per heavy atom. The van der Waals surface area contributed by atoms with Crippen molar-refractivity contribution in [1.82, 2.24) is 9.97 Å². The molecule has 3 heterocycles. The molecule has 1 aromatic carbocycles. The highest BCUT2D eigenvalue weighted by atomic mass is 19.1. The molecular formula is C19H19FN4O2. The van der Waals surface area contributed by atoms with Crippen LogP contribution in [-0.4, -0.2) is 28.0 Å². The molecule has 3 aromatic rings. The molecule has 0 bridgehead atoms. The summed E-state index contributed by atoms with van der Waals surface area (Å²) in [4.78, 5) is 20.1. The number of nitro groups is 1. The van der Waals surface area contributed by atoms with Crippen molar-refractivity contribution < 1.29 is 9.31 Å². The highest BCUT2D eigenvalue weighted by molar-refractivity contribution is 5.83. The quantitative estimate of drug-likeness (QED) is 0.562. The van der Waals surface area contributed by atoms with E-state index in [-0.39, 0.29) is 11.5 Å². The van der Waals surface area contributed by atoms with Crippen LogP contribution in [0.3, 0.4) is 0 Å². The third-order valence-electron chi connectivity index (χ3n) is 5.20. The van der Waals surface area contributed by atoms with Gasteiger partial charge in [-0.25, -0.2) is 9.37 Å². The van der Waals surface area contributed by atoms with Crippen molar-refractivity contribution in [1.29, 1.82) is 0 Å². The molecule has 1 aliphatic rings. The number of rotatable bonds is 3. The van der Waals surface area contributed by atoms with E-state index in [1.807, 2.05) is 12.3 Å². The van der Waals surface area contributed by atoms with Gasteiger partial charge in [0, 0.05) is 35.8 Å². The molecule has 0 spiro atoms. The summed E-state index contributed by atoms with van der Waals surface area (Å²) < 4.78 is 13.4. The molecule has 1 aliphatic heterocycles. The molecule has 1 saturated heterocycles. The Labute approximate surface area is 149 Å². The van der Waals surface area contributed by atoms with Crippen LogP contribution >= 0.6 is 0 Å². The Hall–Kier alpha value is -2.96. The fourth-order valence-electron chi connectivity index (χ4n) is 3.78. The summed E-state index contributed by atoms with van der Waals surface area (Å²) in [5, 5.41) is 12.0. The maximum atomic E-state index is 13.4. The van der Waals surface area contributed by atoms with Gasteiger partial charge in [-0.2, -0.15) is 0 Å². The second-order valence-corrected chi connectivity index (χ2v) is 6.78. The lowest BCUT2D eigenvalue weighted by Crippen LogP contribution is -2.33. The molecule has 0 atom stereocenters. The molecule has 0 radical (unpaired) electrons. The van der Waals surface area contributed by atoms with E-state index >= 15 is 0 Å². The smallest absolute Gasteiger partial charge is 0.290 e. The number of nitrogens with one attached hydrogen (secondary N) is 1. The van der Waals surface area contributed by atoms with Gasteiger partial charge in [-0.3, -0.25) is 10.1 Å². The van der Waals surface area contributed by atoms with Crippen molar-refractivity contribution in [3.63, 3.8) is 0 Å². The van der Waals surface area contributed by atoms with Gasteiger partial charge in [0.1, 0.15) is 17.8 Å². The molecule has 0 amide bonds. The molecular weight excluding hydrogens is 335 g/mol. The predicted molar refractivity (Wildman–Crippen MR) is 98.1 cm³/mol. The molecule has 0 aliphatic carbocycles. The molecule has 1 fully saturated rings. The van der Waals surface area contributed by atoms with Crippen LogP contribution in [0.5, 0.6) is 0 Å². The molecule has 0 unspecified atom stereocenters. The molecule has 1 N–H and O–H groups in total. The van der Waals surface area contributed by atoms with Gasteiger partial charge in [-0.15, -0.1) is 0 Å². The highest BCUT2D eigenvalue weighted by Crippen LogP contribution is 2.34. The fraction of sp³-hybridized carbons (Fsp3) is 0.316. The normalized spacial score (nSPS) is 15.5. The predicted octanol–water partition coefficient (Wildman–Crippen LogP) is 4.30. The molecule has 7 heteroatoms. The van der Waals surface area contributed by atoms with Crippen molar-refractivity contribution in [2.24, 2.45) is 0 Å². The van der Waals surface area contributed by atoms with Crippen LogP contribution in [0.4, 0.5) is 15.9 Å². The first kappa shape index (κ1) is 16.5. The van der Waals surface area contributed by atoms with Gasteiger partial charge >= 0.3 is 0 Å². The Morgan fingerprint density at radius 2 is 2.08 bits per heavy atom. The Bertz CT molecular complexity index is 977. The van der Waals surface area contributed by atoms with Gasteiger partial charge in [0.15, 0.2) is 0 Å². The number of piperidine rings is 1. The first-order chi connectivity index (χ1) is 12.5. The van der Waals surface area contributed by atoms with Crippen LogP contribution in [0, 0.1) is 22.9 Å². The van der Waals surface area contributed by atoms with Gasteiger partial charge in [-0.05, 0) is 55.5 Å². The molecule has 2 aromatic heterocycles. The number of aromatic nitrogens is 2. The number of pyridine rings is 1. The van der Waals surface area contributed by atoms with Gasteiger partial charge in [0.25, 0.3) is 5.69 Å². The second-order valence-electron chi connectivity index (χ2n) is 6.78. The Morgan fingerprint density at radius 3 is 2.77 bits per heavy atom. The van der Waals surface area contributed by atoms with E-state index in [1.54, 1.807) is 13.0 Å². The average Bonchev–Trinajstić information content (AvgIpc) is 3.04. The van der Waals surface area contributed by atoms with E-state index in [0.717, 1.165) is 42.7 Å². The van der Waals surface area contributed by atoms with E-state index in [0.29, 0.717) is 11.5 Å².